The fourth-order valence-corrected chi connectivity index (χ4v) is 2.76. The Kier molecular flexibility index (Phi) is 2.94. The molecule has 0 N–H and O–H groups in total. The summed E-state index contributed by atoms with van der Waals surface area (Å²) in [4.78, 5) is 1.10. The summed E-state index contributed by atoms with van der Waals surface area (Å²) in [5.74, 6) is 0.783. The van der Waals surface area contributed by atoms with Crippen molar-refractivity contribution in [1.82, 2.24) is 0 Å². The van der Waals surface area contributed by atoms with E-state index >= 15 is 0 Å². The van der Waals surface area contributed by atoms with Crippen molar-refractivity contribution in [1.29, 1.82) is 0 Å². The van der Waals surface area contributed by atoms with Crippen LogP contribution in [-0.2, 0) is 0 Å². The second kappa shape index (κ2) is 4.58. The van der Waals surface area contributed by atoms with Gasteiger partial charge in [-0.3, -0.25) is 0 Å². The van der Waals surface area contributed by atoms with Gasteiger partial charge in [0, 0.05) is 4.90 Å². The SMILES string of the molecule is Sc1cc(C2CCC2)ccc1-c1ccccc1. The molecule has 0 aliphatic heterocycles. The maximum atomic E-state index is 4.64. The molecule has 1 saturated carbocycles. The van der Waals surface area contributed by atoms with Crippen molar-refractivity contribution in [2.45, 2.75) is 30.1 Å². The molecule has 0 saturated heterocycles. The highest BCUT2D eigenvalue weighted by atomic mass is 32.1. The Morgan fingerprint density at radius 2 is 1.71 bits per heavy atom. The summed E-state index contributed by atoms with van der Waals surface area (Å²) in [7, 11) is 0. The normalized spacial score (nSPS) is 15.6. The molecule has 2 aromatic rings. The van der Waals surface area contributed by atoms with Crippen LogP contribution in [0.25, 0.3) is 11.1 Å². The van der Waals surface area contributed by atoms with Crippen molar-refractivity contribution in [3.63, 3.8) is 0 Å². The first-order valence-electron chi connectivity index (χ1n) is 6.23. The molecule has 17 heavy (non-hydrogen) atoms. The molecule has 0 heterocycles. The maximum Gasteiger partial charge on any atom is 0.0121 e. The van der Waals surface area contributed by atoms with Crippen molar-refractivity contribution in [2.24, 2.45) is 0 Å². The molecule has 3 rings (SSSR count). The summed E-state index contributed by atoms with van der Waals surface area (Å²) in [6, 6.07) is 17.2. The van der Waals surface area contributed by atoms with Crippen LogP contribution in [0, 0.1) is 0 Å². The average Bonchev–Trinajstić information content (AvgIpc) is 2.28. The molecule has 1 aliphatic carbocycles. The molecule has 86 valence electrons. The molecule has 0 atom stereocenters. The molecule has 1 aliphatic rings. The second-order valence-electron chi connectivity index (χ2n) is 4.77. The van der Waals surface area contributed by atoms with E-state index in [2.05, 4.69) is 55.1 Å². The topological polar surface area (TPSA) is 0 Å². The Morgan fingerprint density at radius 3 is 2.29 bits per heavy atom. The van der Waals surface area contributed by atoms with Gasteiger partial charge in [-0.1, -0.05) is 48.9 Å². The number of benzene rings is 2. The van der Waals surface area contributed by atoms with E-state index in [4.69, 9.17) is 0 Å². The zero-order chi connectivity index (χ0) is 11.7. The molecule has 1 heteroatoms. The molecule has 0 radical (unpaired) electrons. The zero-order valence-corrected chi connectivity index (χ0v) is 10.7. The maximum absolute atomic E-state index is 4.64. The van der Waals surface area contributed by atoms with Crippen LogP contribution in [-0.4, -0.2) is 0 Å². The predicted molar refractivity (Wildman–Crippen MR) is 75.7 cm³/mol. The summed E-state index contributed by atoms with van der Waals surface area (Å²) in [5, 5.41) is 0. The van der Waals surface area contributed by atoms with E-state index in [0.717, 1.165) is 10.8 Å². The van der Waals surface area contributed by atoms with Gasteiger partial charge >= 0.3 is 0 Å². The highest BCUT2D eigenvalue weighted by molar-refractivity contribution is 7.80. The first kappa shape index (κ1) is 10.9. The smallest absolute Gasteiger partial charge is 0.0121 e. The van der Waals surface area contributed by atoms with Crippen LogP contribution in [0.3, 0.4) is 0 Å². The number of hydrogen-bond donors (Lipinski definition) is 1. The molecule has 0 spiro atoms. The van der Waals surface area contributed by atoms with Gasteiger partial charge in [-0.2, -0.15) is 0 Å². The molecule has 2 aromatic carbocycles. The van der Waals surface area contributed by atoms with Gasteiger partial charge in [0.2, 0.25) is 0 Å². The Morgan fingerprint density at radius 1 is 0.941 bits per heavy atom. The van der Waals surface area contributed by atoms with Gasteiger partial charge in [0.1, 0.15) is 0 Å². The monoisotopic (exact) mass is 240 g/mol. The minimum absolute atomic E-state index is 0.783. The van der Waals surface area contributed by atoms with Gasteiger partial charge in [0.15, 0.2) is 0 Å². The minimum atomic E-state index is 0.783. The third kappa shape index (κ3) is 2.12. The van der Waals surface area contributed by atoms with Crippen molar-refractivity contribution < 1.29 is 0 Å². The first-order chi connectivity index (χ1) is 8.34. The van der Waals surface area contributed by atoms with Crippen LogP contribution in [0.15, 0.2) is 53.4 Å². The molecule has 0 unspecified atom stereocenters. The summed E-state index contributed by atoms with van der Waals surface area (Å²) in [6.07, 6.45) is 4.07. The van der Waals surface area contributed by atoms with Crippen molar-refractivity contribution in [2.75, 3.05) is 0 Å². The van der Waals surface area contributed by atoms with Crippen LogP contribution in [0.1, 0.15) is 30.7 Å². The highest BCUT2D eigenvalue weighted by Gasteiger charge is 2.19. The molecule has 0 amide bonds. The fraction of sp³-hybridized carbons (Fsp3) is 0.250. The van der Waals surface area contributed by atoms with Crippen molar-refractivity contribution in [3.8, 4) is 11.1 Å². The van der Waals surface area contributed by atoms with Crippen molar-refractivity contribution in [3.05, 3.63) is 54.1 Å². The van der Waals surface area contributed by atoms with Crippen LogP contribution in [0.5, 0.6) is 0 Å². The predicted octanol–water partition coefficient (Wildman–Crippen LogP) is 4.91. The van der Waals surface area contributed by atoms with Crippen LogP contribution in [0.4, 0.5) is 0 Å². The Bertz CT molecular complexity index is 512. The van der Waals surface area contributed by atoms with E-state index in [1.807, 2.05) is 6.07 Å². The molecule has 0 aromatic heterocycles. The summed E-state index contributed by atoms with van der Waals surface area (Å²) >= 11 is 4.64. The minimum Gasteiger partial charge on any atom is -0.143 e. The Labute approximate surface area is 108 Å². The highest BCUT2D eigenvalue weighted by Crippen LogP contribution is 2.38. The third-order valence-corrected chi connectivity index (χ3v) is 4.05. The number of hydrogen-bond acceptors (Lipinski definition) is 1. The third-order valence-electron chi connectivity index (χ3n) is 3.68. The largest absolute Gasteiger partial charge is 0.143 e. The van der Waals surface area contributed by atoms with E-state index in [-0.39, 0.29) is 0 Å². The van der Waals surface area contributed by atoms with E-state index in [1.54, 1.807) is 0 Å². The molecule has 0 bridgehead atoms. The van der Waals surface area contributed by atoms with Gasteiger partial charge < -0.3 is 0 Å². The second-order valence-corrected chi connectivity index (χ2v) is 5.25. The van der Waals surface area contributed by atoms with Gasteiger partial charge in [-0.05, 0) is 41.5 Å². The van der Waals surface area contributed by atoms with Gasteiger partial charge in [-0.25, -0.2) is 0 Å². The lowest BCUT2D eigenvalue weighted by atomic mass is 9.80. The van der Waals surface area contributed by atoms with Crippen LogP contribution in [0.2, 0.25) is 0 Å². The Balaban J connectivity index is 1.96. The molecular formula is C16H16S. The standard InChI is InChI=1S/C16H16S/c17-16-11-14(12-7-4-8-12)9-10-15(16)13-5-2-1-3-6-13/h1-3,5-6,9-12,17H,4,7-8H2. The lowest BCUT2D eigenvalue weighted by molar-refractivity contribution is 0.419. The van der Waals surface area contributed by atoms with E-state index in [0.29, 0.717) is 0 Å². The molecular weight excluding hydrogens is 224 g/mol. The van der Waals surface area contributed by atoms with E-state index in [1.165, 1.54) is 36.0 Å². The fourth-order valence-electron chi connectivity index (χ4n) is 2.41. The van der Waals surface area contributed by atoms with Crippen LogP contribution < -0.4 is 0 Å². The average molecular weight is 240 g/mol. The summed E-state index contributed by atoms with van der Waals surface area (Å²) in [6.45, 7) is 0. The van der Waals surface area contributed by atoms with E-state index < -0.39 is 0 Å². The molecule has 1 fully saturated rings. The van der Waals surface area contributed by atoms with Gasteiger partial charge in [0.05, 0.1) is 0 Å². The summed E-state index contributed by atoms with van der Waals surface area (Å²) in [5.41, 5.74) is 3.94. The van der Waals surface area contributed by atoms with Crippen molar-refractivity contribution >= 4 is 12.6 Å². The first-order valence-corrected chi connectivity index (χ1v) is 6.67. The lowest BCUT2D eigenvalue weighted by Gasteiger charge is -2.26. The number of thiol groups is 1. The Hall–Kier alpha value is -1.21. The summed E-state index contributed by atoms with van der Waals surface area (Å²) < 4.78 is 0. The van der Waals surface area contributed by atoms with Gasteiger partial charge in [0.25, 0.3) is 0 Å². The van der Waals surface area contributed by atoms with Gasteiger partial charge in [-0.15, -0.1) is 12.6 Å². The van der Waals surface area contributed by atoms with E-state index in [9.17, 15) is 0 Å². The lowest BCUT2D eigenvalue weighted by Crippen LogP contribution is -2.08. The number of rotatable bonds is 2. The molecule has 0 nitrogen and oxygen atoms in total. The van der Waals surface area contributed by atoms with Crippen LogP contribution >= 0.6 is 12.6 Å². The zero-order valence-electron chi connectivity index (χ0n) is 9.76. The quantitative estimate of drug-likeness (QED) is 0.708.